The van der Waals surface area contributed by atoms with E-state index >= 15 is 0 Å². The molecule has 138 valence electrons. The van der Waals surface area contributed by atoms with Gasteiger partial charge in [-0.15, -0.1) is 0 Å². The summed E-state index contributed by atoms with van der Waals surface area (Å²) in [5.74, 6) is -0.979. The maximum Gasteiger partial charge on any atom is 1.00 e. The van der Waals surface area contributed by atoms with Crippen LogP contribution in [0.15, 0.2) is 54.6 Å². The number of amides is 2. The van der Waals surface area contributed by atoms with Crippen LogP contribution in [0.3, 0.4) is 0 Å². The fraction of sp³-hybridized carbons (Fsp3) is 0.263. The van der Waals surface area contributed by atoms with Crippen LogP contribution < -0.4 is 24.2 Å². The van der Waals surface area contributed by atoms with Gasteiger partial charge in [0.25, 0.3) is 0 Å². The van der Waals surface area contributed by atoms with E-state index in [1.54, 1.807) is 17.0 Å². The first-order chi connectivity index (χ1) is 12.1. The van der Waals surface area contributed by atoms with E-state index in [0.717, 1.165) is 19.6 Å². The Labute approximate surface area is 170 Å². The monoisotopic (exact) mass is 363 g/mol. The predicted octanol–water partition coefficient (Wildman–Crippen LogP) is -0.438. The van der Waals surface area contributed by atoms with Gasteiger partial charge in [0.15, 0.2) is 0 Å². The molecule has 2 aromatic rings. The molecule has 0 bridgehead atoms. The predicted molar refractivity (Wildman–Crippen MR) is 97.6 cm³/mol. The zero-order valence-corrected chi connectivity index (χ0v) is 15.3. The van der Waals surface area contributed by atoms with Gasteiger partial charge in [-0.05, 0) is 29.8 Å². The van der Waals surface area contributed by atoms with E-state index in [2.05, 4.69) is 22.3 Å². The largest absolute Gasteiger partial charge is 1.00 e. The number of aromatic carboxylic acids is 1. The number of nitrogens with one attached hydrogen (secondary N) is 1. The van der Waals surface area contributed by atoms with Crippen LogP contribution in [0, 0.1) is 0 Å². The second-order valence-corrected chi connectivity index (χ2v) is 6.06. The number of rotatable bonds is 4. The molecule has 27 heavy (non-hydrogen) atoms. The molecular formula is C19H22LiN3O4. The second kappa shape index (κ2) is 10.8. The molecule has 1 aliphatic heterocycles. The first-order valence-electron chi connectivity index (χ1n) is 8.27. The molecule has 1 aliphatic rings. The maximum absolute atomic E-state index is 12.3. The van der Waals surface area contributed by atoms with Gasteiger partial charge in [-0.1, -0.05) is 30.3 Å². The first-order valence-corrected chi connectivity index (χ1v) is 8.27. The summed E-state index contributed by atoms with van der Waals surface area (Å²) in [5, 5.41) is 11.7. The summed E-state index contributed by atoms with van der Waals surface area (Å²) in [4.78, 5) is 27.3. The summed E-state index contributed by atoms with van der Waals surface area (Å²) in [7, 11) is 0. The van der Waals surface area contributed by atoms with Crippen molar-refractivity contribution in [1.29, 1.82) is 0 Å². The molecule has 1 saturated heterocycles. The van der Waals surface area contributed by atoms with Crippen LogP contribution in [0.25, 0.3) is 0 Å². The third-order valence-electron chi connectivity index (χ3n) is 4.29. The van der Waals surface area contributed by atoms with Gasteiger partial charge in [-0.25, -0.2) is 9.59 Å². The van der Waals surface area contributed by atoms with Crippen LogP contribution in [-0.4, -0.2) is 58.6 Å². The number of carbonyl (C=O) groups excluding carboxylic acids is 1. The zero-order chi connectivity index (χ0) is 17.6. The number of piperazine rings is 1. The van der Waals surface area contributed by atoms with Gasteiger partial charge in [0.1, 0.15) is 0 Å². The fourth-order valence-electron chi connectivity index (χ4n) is 2.85. The number of carboxylic acid groups (broad SMARTS) is 1. The minimum atomic E-state index is -0.979. The summed E-state index contributed by atoms with van der Waals surface area (Å²) in [6, 6.07) is 16.3. The molecule has 3 rings (SSSR count). The number of hydrogen-bond donors (Lipinski definition) is 2. The molecule has 0 atom stereocenters. The Hall–Kier alpha value is -2.30. The molecule has 0 aliphatic carbocycles. The Bertz CT molecular complexity index is 732. The molecule has 1 fully saturated rings. The van der Waals surface area contributed by atoms with Gasteiger partial charge >= 0.3 is 30.9 Å². The van der Waals surface area contributed by atoms with Crippen LogP contribution in [0.1, 0.15) is 15.9 Å². The van der Waals surface area contributed by atoms with E-state index < -0.39 is 5.97 Å². The van der Waals surface area contributed by atoms with E-state index in [9.17, 15) is 9.59 Å². The standard InChI is InChI=1S/C19H21N3O3.Li.H2O/c23-18(24)16-6-8-17(9-7-16)20-19(25)22-12-10-21(11-13-22)14-15-4-2-1-3-5-15;;/h1-9H,10-14H2,(H,20,25)(H,23,24);;1H2/q;+1;/p-1. The van der Waals surface area contributed by atoms with E-state index in [1.165, 1.54) is 17.7 Å². The van der Waals surface area contributed by atoms with Crippen molar-refractivity contribution in [2.24, 2.45) is 0 Å². The van der Waals surface area contributed by atoms with E-state index in [0.29, 0.717) is 18.8 Å². The topological polar surface area (TPSA) is 103 Å². The molecule has 0 radical (unpaired) electrons. The van der Waals surface area contributed by atoms with E-state index in [4.69, 9.17) is 5.11 Å². The molecule has 0 unspecified atom stereocenters. The second-order valence-electron chi connectivity index (χ2n) is 6.06. The zero-order valence-electron chi connectivity index (χ0n) is 15.3. The molecule has 0 spiro atoms. The smallest absolute Gasteiger partial charge is 0.870 e. The minimum absolute atomic E-state index is 0. The number of nitrogens with zero attached hydrogens (tertiary/aromatic N) is 2. The Morgan fingerprint density at radius 1 is 0.926 bits per heavy atom. The molecule has 2 amide bonds. The molecule has 3 N–H and O–H groups in total. The van der Waals surface area contributed by atoms with Gasteiger partial charge < -0.3 is 20.8 Å². The maximum atomic E-state index is 12.3. The van der Waals surface area contributed by atoms with Crippen LogP contribution >= 0.6 is 0 Å². The molecule has 1 heterocycles. The molecule has 0 saturated carbocycles. The van der Waals surface area contributed by atoms with Gasteiger partial charge in [0, 0.05) is 38.4 Å². The molecule has 2 aromatic carbocycles. The summed E-state index contributed by atoms with van der Waals surface area (Å²) in [6.07, 6.45) is 0. The van der Waals surface area contributed by atoms with Crippen molar-refractivity contribution in [1.82, 2.24) is 9.80 Å². The molecular weight excluding hydrogens is 341 g/mol. The summed E-state index contributed by atoms with van der Waals surface area (Å²) in [6.45, 7) is 3.91. The van der Waals surface area contributed by atoms with Crippen LogP contribution in [0.4, 0.5) is 10.5 Å². The van der Waals surface area contributed by atoms with Crippen molar-refractivity contribution in [3.05, 3.63) is 65.7 Å². The van der Waals surface area contributed by atoms with Gasteiger partial charge in [0.2, 0.25) is 0 Å². The number of carboxylic acids is 1. The Kier molecular flexibility index (Phi) is 9.05. The number of hydrogen-bond acceptors (Lipinski definition) is 4. The number of urea groups is 1. The number of anilines is 1. The Balaban J connectivity index is 0.00000182. The Morgan fingerprint density at radius 2 is 1.52 bits per heavy atom. The van der Waals surface area contributed by atoms with Gasteiger partial charge in [-0.2, -0.15) is 0 Å². The van der Waals surface area contributed by atoms with E-state index in [1.807, 2.05) is 18.2 Å². The molecule has 7 nitrogen and oxygen atoms in total. The van der Waals surface area contributed by atoms with Gasteiger partial charge in [-0.3, -0.25) is 4.90 Å². The van der Waals surface area contributed by atoms with Gasteiger partial charge in [0.05, 0.1) is 5.56 Å². The van der Waals surface area contributed by atoms with Crippen LogP contribution in [0.5, 0.6) is 0 Å². The van der Waals surface area contributed by atoms with E-state index in [-0.39, 0.29) is 35.9 Å². The van der Waals surface area contributed by atoms with Crippen LogP contribution in [0.2, 0.25) is 0 Å². The summed E-state index contributed by atoms with van der Waals surface area (Å²) < 4.78 is 0. The minimum Gasteiger partial charge on any atom is -0.870 e. The average molecular weight is 363 g/mol. The summed E-state index contributed by atoms with van der Waals surface area (Å²) >= 11 is 0. The Morgan fingerprint density at radius 3 is 2.07 bits per heavy atom. The van der Waals surface area contributed by atoms with Crippen molar-refractivity contribution in [3.63, 3.8) is 0 Å². The summed E-state index contributed by atoms with van der Waals surface area (Å²) in [5.41, 5.74) is 2.08. The van der Waals surface area contributed by atoms with Crippen LogP contribution in [-0.2, 0) is 6.54 Å². The fourth-order valence-corrected chi connectivity index (χ4v) is 2.85. The van der Waals surface area contributed by atoms with Crippen molar-refractivity contribution in [3.8, 4) is 0 Å². The van der Waals surface area contributed by atoms with Crippen molar-refractivity contribution in [2.45, 2.75) is 6.54 Å². The SMILES string of the molecule is O=C(O)c1ccc(NC(=O)N2CCN(Cc3ccccc3)CC2)cc1.[Li+].[OH-]. The van der Waals surface area contributed by atoms with Crippen molar-refractivity contribution < 1.29 is 39.0 Å². The average Bonchev–Trinajstić information content (AvgIpc) is 2.63. The third kappa shape index (κ3) is 6.42. The number of benzene rings is 2. The normalized spacial score (nSPS) is 13.9. The van der Waals surface area contributed by atoms with Crippen molar-refractivity contribution in [2.75, 3.05) is 31.5 Å². The quantitative estimate of drug-likeness (QED) is 0.717. The first kappa shape index (κ1) is 22.7. The van der Waals surface area contributed by atoms with Crippen molar-refractivity contribution >= 4 is 17.7 Å². The number of carbonyl (C=O) groups is 2. The molecule has 0 aromatic heterocycles. The third-order valence-corrected chi connectivity index (χ3v) is 4.29. The molecule has 8 heteroatoms.